The van der Waals surface area contributed by atoms with Crippen LogP contribution in [0.4, 0.5) is 4.39 Å². The number of nitrogens with one attached hydrogen (secondary N) is 1. The number of halogens is 2. The smallest absolute Gasteiger partial charge is 0.129 e. The van der Waals surface area contributed by atoms with Gasteiger partial charge in [-0.25, -0.2) is 4.39 Å². The number of rotatable bonds is 1. The van der Waals surface area contributed by atoms with Gasteiger partial charge in [0.2, 0.25) is 0 Å². The Balaban J connectivity index is 2.64. The van der Waals surface area contributed by atoms with Crippen LogP contribution in [0.5, 0.6) is 0 Å². The number of hydrogen-bond donors (Lipinski definition) is 1. The molecule has 2 rings (SSSR count). The summed E-state index contributed by atoms with van der Waals surface area (Å²) in [6.07, 6.45) is 3.18. The lowest BCUT2D eigenvalue weighted by Crippen LogP contribution is -1.88. The van der Waals surface area contributed by atoms with Crippen molar-refractivity contribution in [2.75, 3.05) is 0 Å². The molecule has 0 atom stereocenters. The minimum atomic E-state index is -0.405. The van der Waals surface area contributed by atoms with E-state index in [1.165, 1.54) is 12.1 Å². The summed E-state index contributed by atoms with van der Waals surface area (Å²) in [5.74, 6) is -0.405. The first kappa shape index (κ1) is 10.3. The van der Waals surface area contributed by atoms with E-state index < -0.39 is 5.82 Å². The summed E-state index contributed by atoms with van der Waals surface area (Å²) in [4.78, 5) is 6.89. The molecule has 0 saturated heterocycles. The Morgan fingerprint density at radius 3 is 2.80 bits per heavy atom. The van der Waals surface area contributed by atoms with Crippen LogP contribution < -0.4 is 0 Å². The first-order chi connectivity index (χ1) is 7.16. The van der Waals surface area contributed by atoms with Gasteiger partial charge in [-0.15, -0.1) is 0 Å². The summed E-state index contributed by atoms with van der Waals surface area (Å²) in [6.45, 7) is 0. The van der Waals surface area contributed by atoms with E-state index in [0.29, 0.717) is 20.9 Å². The molecule has 0 aliphatic heterocycles. The topological polar surface area (TPSA) is 28.7 Å². The molecule has 0 spiro atoms. The van der Waals surface area contributed by atoms with Crippen molar-refractivity contribution in [3.05, 3.63) is 46.1 Å². The first-order valence-corrected chi connectivity index (χ1v) is 4.95. The molecule has 15 heavy (non-hydrogen) atoms. The van der Waals surface area contributed by atoms with Crippen LogP contribution in [0.3, 0.4) is 0 Å². The molecule has 2 nitrogen and oxygen atoms in total. The monoisotopic (exact) mass is 240 g/mol. The van der Waals surface area contributed by atoms with Crippen LogP contribution in [-0.4, -0.2) is 9.97 Å². The highest BCUT2D eigenvalue weighted by molar-refractivity contribution is 7.71. The third-order valence-electron chi connectivity index (χ3n) is 1.84. The first-order valence-electron chi connectivity index (χ1n) is 4.17. The Kier molecular flexibility index (Phi) is 2.79. The molecule has 76 valence electrons. The number of aromatic amines is 1. The minimum Gasteiger partial charge on any atom is -0.350 e. The Hall–Kier alpha value is -1.26. The van der Waals surface area contributed by atoms with Crippen LogP contribution in [-0.2, 0) is 0 Å². The van der Waals surface area contributed by atoms with Crippen molar-refractivity contribution in [3.8, 4) is 11.3 Å². The Morgan fingerprint density at radius 2 is 2.13 bits per heavy atom. The van der Waals surface area contributed by atoms with Gasteiger partial charge in [0, 0.05) is 23.0 Å². The second-order valence-electron chi connectivity index (χ2n) is 2.93. The highest BCUT2D eigenvalue weighted by Gasteiger charge is 2.04. The van der Waals surface area contributed by atoms with Gasteiger partial charge in [-0.3, -0.25) is 4.98 Å². The summed E-state index contributed by atoms with van der Waals surface area (Å²) in [6, 6.07) is 4.20. The quantitative estimate of drug-likeness (QED) is 0.772. The zero-order chi connectivity index (χ0) is 10.8. The van der Waals surface area contributed by atoms with E-state index in [4.69, 9.17) is 23.8 Å². The normalized spacial score (nSPS) is 10.3. The molecule has 5 heteroatoms. The van der Waals surface area contributed by atoms with Crippen molar-refractivity contribution >= 4 is 23.8 Å². The van der Waals surface area contributed by atoms with Gasteiger partial charge in [0.1, 0.15) is 16.2 Å². The van der Waals surface area contributed by atoms with E-state index in [0.717, 1.165) is 0 Å². The van der Waals surface area contributed by atoms with Crippen LogP contribution in [0.1, 0.15) is 0 Å². The van der Waals surface area contributed by atoms with Crippen LogP contribution >= 0.6 is 23.8 Å². The Morgan fingerprint density at radius 1 is 1.33 bits per heavy atom. The van der Waals surface area contributed by atoms with Gasteiger partial charge >= 0.3 is 0 Å². The summed E-state index contributed by atoms with van der Waals surface area (Å²) in [7, 11) is 0. The van der Waals surface area contributed by atoms with E-state index in [2.05, 4.69) is 9.97 Å². The van der Waals surface area contributed by atoms with Gasteiger partial charge in [-0.05, 0) is 18.2 Å². The van der Waals surface area contributed by atoms with E-state index >= 15 is 0 Å². The van der Waals surface area contributed by atoms with Gasteiger partial charge in [-0.1, -0.05) is 23.8 Å². The molecule has 1 aromatic heterocycles. The zero-order valence-electron chi connectivity index (χ0n) is 7.50. The maximum Gasteiger partial charge on any atom is 0.129 e. The highest BCUT2D eigenvalue weighted by Crippen LogP contribution is 2.22. The fraction of sp³-hybridized carbons (Fsp3) is 0. The van der Waals surface area contributed by atoms with Crippen molar-refractivity contribution in [2.24, 2.45) is 0 Å². The lowest BCUT2D eigenvalue weighted by atomic mass is 10.1. The predicted molar refractivity (Wildman–Crippen MR) is 59.8 cm³/mol. The molecular weight excluding hydrogens is 235 g/mol. The standard InChI is InChI=1S/C10H6ClFN2S/c11-7-3-6(4-8(12)5-7)9-10(15)14-2-1-13-9/h1-5H,(H,14,15). The molecule has 0 amide bonds. The van der Waals surface area contributed by atoms with E-state index in [-0.39, 0.29) is 0 Å². The van der Waals surface area contributed by atoms with Crippen molar-refractivity contribution in [1.29, 1.82) is 0 Å². The van der Waals surface area contributed by atoms with Crippen molar-refractivity contribution in [2.45, 2.75) is 0 Å². The third kappa shape index (κ3) is 2.22. The molecule has 0 radical (unpaired) electrons. The van der Waals surface area contributed by atoms with Gasteiger partial charge in [-0.2, -0.15) is 0 Å². The van der Waals surface area contributed by atoms with Gasteiger partial charge in [0.25, 0.3) is 0 Å². The molecule has 1 N–H and O–H groups in total. The van der Waals surface area contributed by atoms with Crippen LogP contribution in [0.2, 0.25) is 5.02 Å². The molecule has 1 heterocycles. The number of hydrogen-bond acceptors (Lipinski definition) is 2. The van der Waals surface area contributed by atoms with E-state index in [9.17, 15) is 4.39 Å². The number of nitrogens with zero attached hydrogens (tertiary/aromatic N) is 1. The molecule has 0 fully saturated rings. The van der Waals surface area contributed by atoms with Crippen molar-refractivity contribution in [1.82, 2.24) is 9.97 Å². The van der Waals surface area contributed by atoms with E-state index in [1.54, 1.807) is 18.5 Å². The highest BCUT2D eigenvalue weighted by atomic mass is 35.5. The van der Waals surface area contributed by atoms with Gasteiger partial charge < -0.3 is 4.98 Å². The van der Waals surface area contributed by atoms with Crippen LogP contribution in [0, 0.1) is 10.5 Å². The number of H-pyrrole nitrogens is 1. The molecular formula is C10H6ClFN2S. The molecule has 0 aliphatic rings. The SMILES string of the molecule is Fc1cc(Cl)cc(-c2ncc[nH]c2=S)c1. The largest absolute Gasteiger partial charge is 0.350 e. The summed E-state index contributed by atoms with van der Waals surface area (Å²) < 4.78 is 13.5. The van der Waals surface area contributed by atoms with Crippen molar-refractivity contribution < 1.29 is 4.39 Å². The molecule has 1 aromatic carbocycles. The van der Waals surface area contributed by atoms with E-state index in [1.807, 2.05) is 0 Å². The van der Waals surface area contributed by atoms with Gasteiger partial charge in [0.05, 0.1) is 0 Å². The molecule has 0 aliphatic carbocycles. The maximum atomic E-state index is 13.1. The average molecular weight is 241 g/mol. The fourth-order valence-corrected chi connectivity index (χ4v) is 1.71. The third-order valence-corrected chi connectivity index (χ3v) is 2.37. The second-order valence-corrected chi connectivity index (χ2v) is 3.77. The summed E-state index contributed by atoms with van der Waals surface area (Å²) >= 11 is 10.8. The Bertz CT molecular complexity index is 533. The zero-order valence-corrected chi connectivity index (χ0v) is 9.07. The lowest BCUT2D eigenvalue weighted by molar-refractivity contribution is 0.628. The van der Waals surface area contributed by atoms with Gasteiger partial charge in [0.15, 0.2) is 0 Å². The van der Waals surface area contributed by atoms with Crippen LogP contribution in [0.25, 0.3) is 11.3 Å². The number of aromatic nitrogens is 2. The fourth-order valence-electron chi connectivity index (χ4n) is 1.25. The molecule has 0 bridgehead atoms. The molecule has 0 unspecified atom stereocenters. The molecule has 2 aromatic rings. The second kappa shape index (κ2) is 4.08. The predicted octanol–water partition coefficient (Wildman–Crippen LogP) is 3.60. The average Bonchev–Trinajstić information content (AvgIpc) is 2.16. The summed E-state index contributed by atoms with van der Waals surface area (Å²) in [5.41, 5.74) is 1.09. The minimum absolute atomic E-state index is 0.324. The Labute approximate surface area is 95.8 Å². The lowest BCUT2D eigenvalue weighted by Gasteiger charge is -2.01. The maximum absolute atomic E-state index is 13.1. The summed E-state index contributed by atoms with van der Waals surface area (Å²) in [5, 5.41) is 0.324. The number of benzene rings is 1. The van der Waals surface area contributed by atoms with Crippen molar-refractivity contribution in [3.63, 3.8) is 0 Å². The van der Waals surface area contributed by atoms with Crippen LogP contribution in [0.15, 0.2) is 30.6 Å². The molecule has 0 saturated carbocycles.